The van der Waals surface area contributed by atoms with E-state index in [0.29, 0.717) is 27.1 Å². The largest absolute Gasteiger partial charge is 0.497 e. The molecule has 0 spiro atoms. The van der Waals surface area contributed by atoms with E-state index in [1.54, 1.807) is 18.2 Å². The minimum Gasteiger partial charge on any atom is -0.497 e. The second-order valence-electron chi connectivity index (χ2n) is 6.56. The third-order valence-electron chi connectivity index (χ3n) is 4.82. The first kappa shape index (κ1) is 20.7. The summed E-state index contributed by atoms with van der Waals surface area (Å²) < 4.78 is 38.5. The third kappa shape index (κ3) is 3.15. The molecule has 0 saturated carbocycles. The number of anilines is 1. The number of carbonyl (C=O) groups is 1. The topological polar surface area (TPSA) is 72.9 Å². The molecule has 0 N–H and O–H groups in total. The predicted octanol–water partition coefficient (Wildman–Crippen LogP) is 4.43. The Kier molecular flexibility index (Phi) is 5.25. The van der Waals surface area contributed by atoms with Crippen LogP contribution in [0.2, 0.25) is 5.02 Å². The standard InChI is InChI=1S/C21H17ClNO5S2/c1-12-8-9-29-20(12)19-15-10-13(22)4-6-16(15)23(21(19)24)30(25,26)18-7-5-14(27-2)11-17(18)28-3/h4-11H,1-3H3. The quantitative estimate of drug-likeness (QED) is 0.560. The van der Waals surface area contributed by atoms with Gasteiger partial charge in [0.15, 0.2) is 0 Å². The average Bonchev–Trinajstić information content (AvgIpc) is 3.26. The molecule has 30 heavy (non-hydrogen) atoms. The molecule has 0 atom stereocenters. The molecule has 1 amide bonds. The van der Waals surface area contributed by atoms with Crippen molar-refractivity contribution in [3.8, 4) is 11.5 Å². The number of benzene rings is 2. The fraction of sp³-hybridized carbons (Fsp3) is 0.143. The van der Waals surface area contributed by atoms with E-state index in [2.05, 4.69) is 0 Å². The van der Waals surface area contributed by atoms with Crippen molar-refractivity contribution < 1.29 is 22.7 Å². The van der Waals surface area contributed by atoms with Gasteiger partial charge in [0.1, 0.15) is 22.3 Å². The third-order valence-corrected chi connectivity index (χ3v) is 7.83. The highest BCUT2D eigenvalue weighted by atomic mass is 35.5. The van der Waals surface area contributed by atoms with Crippen LogP contribution in [0, 0.1) is 12.8 Å². The zero-order valence-electron chi connectivity index (χ0n) is 16.3. The van der Waals surface area contributed by atoms with Gasteiger partial charge in [0, 0.05) is 21.5 Å². The maximum atomic E-state index is 13.6. The molecule has 4 rings (SSSR count). The van der Waals surface area contributed by atoms with E-state index in [4.69, 9.17) is 21.1 Å². The number of amides is 1. The smallest absolute Gasteiger partial charge is 0.274 e. The van der Waals surface area contributed by atoms with E-state index in [1.165, 1.54) is 43.8 Å². The summed E-state index contributed by atoms with van der Waals surface area (Å²) in [7, 11) is -1.44. The molecule has 1 aliphatic heterocycles. The van der Waals surface area contributed by atoms with Gasteiger partial charge >= 0.3 is 0 Å². The van der Waals surface area contributed by atoms with Gasteiger partial charge in [0.25, 0.3) is 15.9 Å². The summed E-state index contributed by atoms with van der Waals surface area (Å²) in [5, 5.41) is 2.27. The van der Waals surface area contributed by atoms with Crippen molar-refractivity contribution in [3.05, 3.63) is 74.8 Å². The molecule has 2 heterocycles. The number of methoxy groups -OCH3 is 2. The molecule has 1 radical (unpaired) electrons. The highest BCUT2D eigenvalue weighted by Gasteiger charge is 2.47. The van der Waals surface area contributed by atoms with E-state index in [9.17, 15) is 13.2 Å². The molecule has 6 nitrogen and oxygen atoms in total. The van der Waals surface area contributed by atoms with Crippen molar-refractivity contribution >= 4 is 44.6 Å². The molecule has 0 fully saturated rings. The van der Waals surface area contributed by atoms with Gasteiger partial charge < -0.3 is 9.47 Å². The van der Waals surface area contributed by atoms with Crippen LogP contribution in [0.4, 0.5) is 5.69 Å². The molecule has 155 valence electrons. The molecule has 1 aliphatic rings. The lowest BCUT2D eigenvalue weighted by molar-refractivity contribution is -0.114. The second kappa shape index (κ2) is 7.61. The number of hydrogen-bond acceptors (Lipinski definition) is 6. The number of nitrogens with zero attached hydrogens (tertiary/aromatic N) is 1. The van der Waals surface area contributed by atoms with Gasteiger partial charge in [-0.05, 0) is 54.3 Å². The molecule has 9 heteroatoms. The van der Waals surface area contributed by atoms with E-state index in [1.807, 2.05) is 18.4 Å². The number of aryl methyl sites for hydroxylation is 1. The van der Waals surface area contributed by atoms with E-state index in [-0.39, 0.29) is 16.3 Å². The van der Waals surface area contributed by atoms with Crippen LogP contribution in [0.15, 0.2) is 52.7 Å². The zero-order chi connectivity index (χ0) is 21.6. The predicted molar refractivity (Wildman–Crippen MR) is 116 cm³/mol. The number of ether oxygens (including phenoxy) is 2. The minimum absolute atomic E-state index is 0.0819. The van der Waals surface area contributed by atoms with Gasteiger partial charge in [-0.3, -0.25) is 4.79 Å². The van der Waals surface area contributed by atoms with E-state index >= 15 is 0 Å². The lowest BCUT2D eigenvalue weighted by Crippen LogP contribution is -2.35. The first-order valence-electron chi connectivity index (χ1n) is 8.82. The molecule has 0 aliphatic carbocycles. The average molecular weight is 463 g/mol. The van der Waals surface area contributed by atoms with Crippen molar-refractivity contribution in [2.75, 3.05) is 18.5 Å². The minimum atomic E-state index is -4.27. The first-order chi connectivity index (χ1) is 14.3. The van der Waals surface area contributed by atoms with Gasteiger partial charge in [-0.15, -0.1) is 11.3 Å². The van der Waals surface area contributed by atoms with Gasteiger partial charge in [-0.2, -0.15) is 0 Å². The Morgan fingerprint density at radius 3 is 2.43 bits per heavy atom. The maximum Gasteiger partial charge on any atom is 0.274 e. The van der Waals surface area contributed by atoms with Crippen LogP contribution < -0.4 is 13.8 Å². The molecule has 3 aromatic rings. The van der Waals surface area contributed by atoms with Crippen LogP contribution in [-0.4, -0.2) is 28.5 Å². The van der Waals surface area contributed by atoms with Gasteiger partial charge in [0.2, 0.25) is 0 Å². The van der Waals surface area contributed by atoms with Crippen LogP contribution in [0.5, 0.6) is 11.5 Å². The molecular weight excluding hydrogens is 446 g/mol. The lowest BCUT2D eigenvalue weighted by atomic mass is 9.97. The number of carbonyl (C=O) groups excluding carboxylic acids is 1. The number of hydrogen-bond donors (Lipinski definition) is 0. The summed E-state index contributed by atoms with van der Waals surface area (Å²) in [4.78, 5) is 14.1. The Morgan fingerprint density at radius 1 is 1.03 bits per heavy atom. The highest BCUT2D eigenvalue weighted by Crippen LogP contribution is 2.47. The molecule has 1 aromatic heterocycles. The van der Waals surface area contributed by atoms with Gasteiger partial charge in [-0.1, -0.05) is 11.6 Å². The van der Waals surface area contributed by atoms with Crippen LogP contribution in [0.1, 0.15) is 16.0 Å². The Balaban J connectivity index is 1.92. The van der Waals surface area contributed by atoms with Crippen LogP contribution in [0.25, 0.3) is 0 Å². The Morgan fingerprint density at radius 2 is 1.80 bits per heavy atom. The van der Waals surface area contributed by atoms with Crippen molar-refractivity contribution in [1.29, 1.82) is 0 Å². The van der Waals surface area contributed by atoms with Crippen molar-refractivity contribution in [2.24, 2.45) is 0 Å². The normalized spacial score (nSPS) is 14.1. The molecule has 2 aromatic carbocycles. The molecule has 0 saturated heterocycles. The van der Waals surface area contributed by atoms with Gasteiger partial charge in [0.05, 0.1) is 19.9 Å². The summed E-state index contributed by atoms with van der Waals surface area (Å²) in [5.41, 5.74) is 1.62. The Hall–Kier alpha value is -2.55. The molecule has 0 unspecified atom stereocenters. The monoisotopic (exact) mass is 462 g/mol. The SMILES string of the molecule is COc1ccc(S(=O)(=O)N2C(=O)[C](c3sccc3C)c3cc(Cl)ccc32)c(OC)c1. The fourth-order valence-electron chi connectivity index (χ4n) is 3.39. The molecule has 0 bridgehead atoms. The summed E-state index contributed by atoms with van der Waals surface area (Å²) >= 11 is 7.55. The second-order valence-corrected chi connectivity index (χ2v) is 9.67. The highest BCUT2D eigenvalue weighted by molar-refractivity contribution is 7.93. The summed E-state index contributed by atoms with van der Waals surface area (Å²) in [6, 6.07) is 10.9. The Labute approximate surface area is 183 Å². The van der Waals surface area contributed by atoms with Crippen LogP contribution in [-0.2, 0) is 14.8 Å². The van der Waals surface area contributed by atoms with Crippen molar-refractivity contribution in [1.82, 2.24) is 0 Å². The Bertz CT molecular complexity index is 1250. The molecular formula is C21H17ClNO5S2. The number of sulfonamides is 1. The van der Waals surface area contributed by atoms with Gasteiger partial charge in [-0.25, -0.2) is 12.7 Å². The van der Waals surface area contributed by atoms with Crippen LogP contribution in [0.3, 0.4) is 0 Å². The first-order valence-corrected chi connectivity index (χ1v) is 11.5. The number of rotatable bonds is 5. The maximum absolute atomic E-state index is 13.6. The van der Waals surface area contributed by atoms with Crippen molar-refractivity contribution in [2.45, 2.75) is 11.8 Å². The van der Waals surface area contributed by atoms with Crippen molar-refractivity contribution in [3.63, 3.8) is 0 Å². The summed E-state index contributed by atoms with van der Waals surface area (Å²) in [6.07, 6.45) is 0. The number of fused-ring (bicyclic) bond motifs is 1. The number of halogens is 1. The van der Waals surface area contributed by atoms with Crippen LogP contribution >= 0.6 is 22.9 Å². The van der Waals surface area contributed by atoms with E-state index in [0.717, 1.165) is 9.87 Å². The fourth-order valence-corrected chi connectivity index (χ4v) is 6.10. The summed E-state index contributed by atoms with van der Waals surface area (Å²) in [5.74, 6) is 0.206. The number of thiophene rings is 1. The summed E-state index contributed by atoms with van der Waals surface area (Å²) in [6.45, 7) is 1.87. The lowest BCUT2D eigenvalue weighted by Gasteiger charge is -2.20. The zero-order valence-corrected chi connectivity index (χ0v) is 18.7. The van der Waals surface area contributed by atoms with E-state index < -0.39 is 15.9 Å².